The number of benzene rings is 1. The van der Waals surface area contributed by atoms with Crippen LogP contribution in [0.25, 0.3) is 0 Å². The van der Waals surface area contributed by atoms with Crippen molar-refractivity contribution in [2.75, 3.05) is 6.54 Å². The molecular weight excluding hydrogens is 222 g/mol. The summed E-state index contributed by atoms with van der Waals surface area (Å²) in [6.45, 7) is 9.55. The van der Waals surface area contributed by atoms with Crippen LogP contribution in [0.4, 0.5) is 0 Å². The van der Waals surface area contributed by atoms with Crippen molar-refractivity contribution in [1.29, 1.82) is 0 Å². The molecule has 1 aromatic carbocycles. The van der Waals surface area contributed by atoms with Crippen LogP contribution in [0, 0.1) is 6.92 Å². The summed E-state index contributed by atoms with van der Waals surface area (Å²) >= 11 is 0. The van der Waals surface area contributed by atoms with E-state index in [9.17, 15) is 8.42 Å². The fraction of sp³-hybridized carbons (Fsp3) is 0.333. The van der Waals surface area contributed by atoms with Crippen LogP contribution in [0.1, 0.15) is 19.4 Å². The summed E-state index contributed by atoms with van der Waals surface area (Å²) in [6.07, 6.45) is 1.51. The Labute approximate surface area is 98.2 Å². The van der Waals surface area contributed by atoms with E-state index in [1.54, 1.807) is 18.2 Å². The predicted octanol–water partition coefficient (Wildman–Crippen LogP) is 2.49. The molecule has 0 aliphatic heterocycles. The SMILES string of the molecule is C=CCNS(=O)(=O)c1cccc(C)c1.CC. The minimum atomic E-state index is -3.37. The van der Waals surface area contributed by atoms with Gasteiger partial charge in [-0.15, -0.1) is 6.58 Å². The topological polar surface area (TPSA) is 46.2 Å². The van der Waals surface area contributed by atoms with Crippen LogP contribution >= 0.6 is 0 Å². The Hall–Kier alpha value is -1.13. The summed E-state index contributed by atoms with van der Waals surface area (Å²) < 4.78 is 25.6. The van der Waals surface area contributed by atoms with Gasteiger partial charge >= 0.3 is 0 Å². The van der Waals surface area contributed by atoms with E-state index in [-0.39, 0.29) is 6.54 Å². The summed E-state index contributed by atoms with van der Waals surface area (Å²) in [6, 6.07) is 6.77. The zero-order chi connectivity index (χ0) is 12.6. The molecule has 0 radical (unpaired) electrons. The summed E-state index contributed by atoms with van der Waals surface area (Å²) in [7, 11) is -3.37. The van der Waals surface area contributed by atoms with Gasteiger partial charge in [0.1, 0.15) is 0 Å². The van der Waals surface area contributed by atoms with Crippen molar-refractivity contribution in [2.45, 2.75) is 25.7 Å². The van der Waals surface area contributed by atoms with Gasteiger partial charge in [0.15, 0.2) is 0 Å². The number of rotatable bonds is 4. The molecule has 4 heteroatoms. The Kier molecular flexibility index (Phi) is 6.69. The number of nitrogens with one attached hydrogen (secondary N) is 1. The van der Waals surface area contributed by atoms with Crippen molar-refractivity contribution in [3.05, 3.63) is 42.5 Å². The Balaban J connectivity index is 0.00000106. The first-order valence-electron chi connectivity index (χ1n) is 5.23. The lowest BCUT2D eigenvalue weighted by molar-refractivity contribution is 0.585. The van der Waals surface area contributed by atoms with Gasteiger partial charge in [0.05, 0.1) is 4.90 Å². The number of hydrogen-bond donors (Lipinski definition) is 1. The van der Waals surface area contributed by atoms with E-state index in [0.29, 0.717) is 4.90 Å². The molecule has 0 aliphatic rings. The molecule has 16 heavy (non-hydrogen) atoms. The van der Waals surface area contributed by atoms with Gasteiger partial charge in [-0.1, -0.05) is 32.1 Å². The lowest BCUT2D eigenvalue weighted by Crippen LogP contribution is -2.23. The molecule has 0 heterocycles. The fourth-order valence-electron chi connectivity index (χ4n) is 1.03. The van der Waals surface area contributed by atoms with Gasteiger partial charge in [-0.05, 0) is 24.6 Å². The second kappa shape index (κ2) is 7.19. The van der Waals surface area contributed by atoms with Crippen LogP contribution in [-0.4, -0.2) is 15.0 Å². The van der Waals surface area contributed by atoms with E-state index in [0.717, 1.165) is 5.56 Å². The summed E-state index contributed by atoms with van der Waals surface area (Å²) in [5.41, 5.74) is 0.923. The third-order valence-corrected chi connectivity index (χ3v) is 3.14. The normalized spacial score (nSPS) is 10.2. The molecule has 0 aromatic heterocycles. The zero-order valence-corrected chi connectivity index (χ0v) is 10.8. The van der Waals surface area contributed by atoms with Crippen molar-refractivity contribution >= 4 is 10.0 Å². The fourth-order valence-corrected chi connectivity index (χ4v) is 2.14. The predicted molar refractivity (Wildman–Crippen MR) is 67.9 cm³/mol. The summed E-state index contributed by atoms with van der Waals surface area (Å²) in [4.78, 5) is 0.291. The van der Waals surface area contributed by atoms with Gasteiger partial charge in [-0.3, -0.25) is 0 Å². The molecule has 90 valence electrons. The van der Waals surface area contributed by atoms with E-state index in [2.05, 4.69) is 11.3 Å². The highest BCUT2D eigenvalue weighted by atomic mass is 32.2. The van der Waals surface area contributed by atoms with Crippen LogP contribution in [0.5, 0.6) is 0 Å². The first-order chi connectivity index (χ1) is 7.56. The van der Waals surface area contributed by atoms with E-state index in [1.165, 1.54) is 6.08 Å². The minimum Gasteiger partial charge on any atom is -0.207 e. The van der Waals surface area contributed by atoms with Gasteiger partial charge < -0.3 is 0 Å². The van der Waals surface area contributed by atoms with Crippen molar-refractivity contribution in [3.63, 3.8) is 0 Å². The zero-order valence-electron chi connectivity index (χ0n) is 10.0. The average Bonchev–Trinajstić information content (AvgIpc) is 2.29. The molecular formula is C12H19NO2S. The molecule has 0 spiro atoms. The molecule has 0 aliphatic carbocycles. The molecule has 0 unspecified atom stereocenters. The Morgan fingerprint density at radius 3 is 2.50 bits per heavy atom. The highest BCUT2D eigenvalue weighted by Gasteiger charge is 2.11. The van der Waals surface area contributed by atoms with Crippen LogP contribution < -0.4 is 4.72 Å². The Bertz CT molecular complexity index is 424. The molecule has 1 aromatic rings. The third-order valence-electron chi connectivity index (χ3n) is 1.72. The Morgan fingerprint density at radius 1 is 1.38 bits per heavy atom. The lowest BCUT2D eigenvalue weighted by atomic mass is 10.2. The molecule has 0 atom stereocenters. The van der Waals surface area contributed by atoms with Gasteiger partial charge in [0.25, 0.3) is 0 Å². The van der Waals surface area contributed by atoms with Crippen LogP contribution in [-0.2, 0) is 10.0 Å². The van der Waals surface area contributed by atoms with Crippen LogP contribution in [0.3, 0.4) is 0 Å². The van der Waals surface area contributed by atoms with Gasteiger partial charge in [0, 0.05) is 6.54 Å². The first-order valence-corrected chi connectivity index (χ1v) is 6.72. The molecule has 3 nitrogen and oxygen atoms in total. The maximum Gasteiger partial charge on any atom is 0.240 e. The van der Waals surface area contributed by atoms with Crippen LogP contribution in [0.2, 0.25) is 0 Å². The second-order valence-electron chi connectivity index (χ2n) is 2.96. The molecule has 0 fully saturated rings. The highest BCUT2D eigenvalue weighted by Crippen LogP contribution is 2.09. The number of aryl methyl sites for hydroxylation is 1. The molecule has 1 N–H and O–H groups in total. The summed E-state index contributed by atoms with van der Waals surface area (Å²) in [5, 5.41) is 0. The van der Waals surface area contributed by atoms with E-state index in [4.69, 9.17) is 0 Å². The quantitative estimate of drug-likeness (QED) is 0.823. The van der Waals surface area contributed by atoms with Crippen molar-refractivity contribution < 1.29 is 8.42 Å². The van der Waals surface area contributed by atoms with Crippen molar-refractivity contribution in [3.8, 4) is 0 Å². The van der Waals surface area contributed by atoms with Gasteiger partial charge in [0.2, 0.25) is 10.0 Å². The van der Waals surface area contributed by atoms with Gasteiger partial charge in [-0.2, -0.15) is 0 Å². The van der Waals surface area contributed by atoms with E-state index in [1.807, 2.05) is 26.8 Å². The van der Waals surface area contributed by atoms with Crippen LogP contribution in [0.15, 0.2) is 41.8 Å². The third kappa shape index (κ3) is 4.59. The average molecular weight is 241 g/mol. The standard InChI is InChI=1S/C10H13NO2S.C2H6/c1-3-7-11-14(12,13)10-6-4-5-9(2)8-10;1-2/h3-6,8,11H,1,7H2,2H3;1-2H3. The maximum absolute atomic E-state index is 11.6. The summed E-state index contributed by atoms with van der Waals surface area (Å²) in [5.74, 6) is 0. The monoisotopic (exact) mass is 241 g/mol. The first kappa shape index (κ1) is 14.9. The lowest BCUT2D eigenvalue weighted by Gasteiger charge is -2.04. The molecule has 0 bridgehead atoms. The number of hydrogen-bond acceptors (Lipinski definition) is 2. The maximum atomic E-state index is 11.6. The highest BCUT2D eigenvalue weighted by molar-refractivity contribution is 7.89. The molecule has 1 rings (SSSR count). The largest absolute Gasteiger partial charge is 0.240 e. The minimum absolute atomic E-state index is 0.246. The van der Waals surface area contributed by atoms with Crippen molar-refractivity contribution in [1.82, 2.24) is 4.72 Å². The molecule has 0 saturated carbocycles. The number of sulfonamides is 1. The van der Waals surface area contributed by atoms with E-state index >= 15 is 0 Å². The van der Waals surface area contributed by atoms with Gasteiger partial charge in [-0.25, -0.2) is 13.1 Å². The van der Waals surface area contributed by atoms with E-state index < -0.39 is 10.0 Å². The van der Waals surface area contributed by atoms with Crippen molar-refractivity contribution in [2.24, 2.45) is 0 Å². The second-order valence-corrected chi connectivity index (χ2v) is 4.72. The molecule has 0 amide bonds. The Morgan fingerprint density at radius 2 is 2.00 bits per heavy atom. The smallest absolute Gasteiger partial charge is 0.207 e. The molecule has 0 saturated heterocycles.